The highest BCUT2D eigenvalue weighted by atomic mass is 79.9. The summed E-state index contributed by atoms with van der Waals surface area (Å²) in [6.07, 6.45) is 2.88. The van der Waals surface area contributed by atoms with Crippen molar-refractivity contribution in [2.45, 2.75) is 13.8 Å². The zero-order chi connectivity index (χ0) is 16.8. The maximum atomic E-state index is 11.6. The van der Waals surface area contributed by atoms with Crippen molar-refractivity contribution in [3.8, 4) is 0 Å². The smallest absolute Gasteiger partial charge is 0.331 e. The fourth-order valence-corrected chi connectivity index (χ4v) is 2.34. The topological polar surface area (TPSA) is 81.4 Å². The molecule has 1 heterocycles. The van der Waals surface area contributed by atoms with Crippen LogP contribution in [0.2, 0.25) is 0 Å². The molecule has 23 heavy (non-hydrogen) atoms. The largest absolute Gasteiger partial charge is 0.452 e. The van der Waals surface area contributed by atoms with Crippen LogP contribution in [0.15, 0.2) is 39.3 Å². The lowest BCUT2D eigenvalue weighted by molar-refractivity contribution is -0.142. The van der Waals surface area contributed by atoms with Gasteiger partial charge in [-0.3, -0.25) is 4.79 Å². The van der Waals surface area contributed by atoms with Crippen LogP contribution in [0.1, 0.15) is 16.9 Å². The van der Waals surface area contributed by atoms with Crippen molar-refractivity contribution in [2.24, 2.45) is 0 Å². The Morgan fingerprint density at radius 3 is 2.78 bits per heavy atom. The minimum atomic E-state index is -0.607. The summed E-state index contributed by atoms with van der Waals surface area (Å²) in [5, 5.41) is 6.06. The van der Waals surface area contributed by atoms with Gasteiger partial charge in [0.05, 0.1) is 0 Å². The van der Waals surface area contributed by atoms with Gasteiger partial charge >= 0.3 is 5.97 Å². The monoisotopic (exact) mass is 378 g/mol. The van der Waals surface area contributed by atoms with Crippen LogP contribution in [0.4, 0.5) is 5.82 Å². The van der Waals surface area contributed by atoms with E-state index in [0.29, 0.717) is 5.76 Å². The number of esters is 1. The van der Waals surface area contributed by atoms with Crippen LogP contribution in [0.3, 0.4) is 0 Å². The van der Waals surface area contributed by atoms with Crippen LogP contribution < -0.4 is 5.32 Å². The molecule has 1 aromatic carbocycles. The van der Waals surface area contributed by atoms with E-state index in [1.54, 1.807) is 19.1 Å². The molecule has 0 aliphatic heterocycles. The van der Waals surface area contributed by atoms with Gasteiger partial charge < -0.3 is 14.6 Å². The Labute approximate surface area is 141 Å². The molecule has 7 heteroatoms. The molecule has 2 rings (SSSR count). The fraction of sp³-hybridized carbons (Fsp3) is 0.188. The molecule has 1 aromatic heterocycles. The second-order valence-corrected chi connectivity index (χ2v) is 5.69. The Bertz CT molecular complexity index is 752. The summed E-state index contributed by atoms with van der Waals surface area (Å²) in [7, 11) is 0. The summed E-state index contributed by atoms with van der Waals surface area (Å²) in [4.78, 5) is 23.2. The normalized spacial score (nSPS) is 10.7. The molecule has 1 amide bonds. The number of rotatable bonds is 5. The molecule has 0 saturated heterocycles. The number of carbonyl (C=O) groups excluding carboxylic acids is 2. The first-order valence-electron chi connectivity index (χ1n) is 6.78. The Kier molecular flexibility index (Phi) is 5.70. The van der Waals surface area contributed by atoms with Crippen molar-refractivity contribution >= 4 is 39.7 Å². The molecule has 0 aliphatic carbocycles. The maximum absolute atomic E-state index is 11.6. The van der Waals surface area contributed by atoms with E-state index < -0.39 is 18.5 Å². The van der Waals surface area contributed by atoms with Crippen LogP contribution in [0.5, 0.6) is 0 Å². The van der Waals surface area contributed by atoms with Gasteiger partial charge in [0.15, 0.2) is 12.4 Å². The lowest BCUT2D eigenvalue weighted by atomic mass is 10.1. The van der Waals surface area contributed by atoms with E-state index in [-0.39, 0.29) is 5.82 Å². The lowest BCUT2D eigenvalue weighted by Gasteiger charge is -2.02. The molecule has 0 atom stereocenters. The number of hydrogen-bond donors (Lipinski definition) is 1. The van der Waals surface area contributed by atoms with Gasteiger partial charge in [0, 0.05) is 16.6 Å². The number of aryl methyl sites for hydroxylation is 2. The highest BCUT2D eigenvalue weighted by molar-refractivity contribution is 9.10. The summed E-state index contributed by atoms with van der Waals surface area (Å²) < 4.78 is 10.5. The van der Waals surface area contributed by atoms with Gasteiger partial charge in [0.1, 0.15) is 5.76 Å². The number of aromatic nitrogens is 1. The lowest BCUT2D eigenvalue weighted by Crippen LogP contribution is -2.20. The van der Waals surface area contributed by atoms with E-state index in [0.717, 1.165) is 15.6 Å². The van der Waals surface area contributed by atoms with E-state index in [4.69, 9.17) is 9.26 Å². The summed E-state index contributed by atoms with van der Waals surface area (Å²) in [6.45, 7) is 3.28. The first-order chi connectivity index (χ1) is 10.9. The SMILES string of the molecule is Cc1ccc(/C=C/C(=O)OCC(=O)Nc2cc(C)on2)c(Br)c1. The zero-order valence-electron chi connectivity index (χ0n) is 12.6. The molecule has 2 aromatic rings. The molecular weight excluding hydrogens is 364 g/mol. The van der Waals surface area contributed by atoms with Crippen molar-refractivity contribution < 1.29 is 18.8 Å². The van der Waals surface area contributed by atoms with Gasteiger partial charge in [-0.1, -0.05) is 33.2 Å². The van der Waals surface area contributed by atoms with Crippen LogP contribution >= 0.6 is 15.9 Å². The summed E-state index contributed by atoms with van der Waals surface area (Å²) >= 11 is 3.42. The maximum Gasteiger partial charge on any atom is 0.331 e. The van der Waals surface area contributed by atoms with Crippen molar-refractivity contribution in [1.82, 2.24) is 5.16 Å². The highest BCUT2D eigenvalue weighted by Gasteiger charge is 2.08. The Morgan fingerprint density at radius 2 is 2.13 bits per heavy atom. The van der Waals surface area contributed by atoms with Gasteiger partial charge in [-0.15, -0.1) is 0 Å². The standard InChI is InChI=1S/C16H15BrN2O4/c1-10-3-4-12(13(17)7-10)5-6-16(21)22-9-15(20)18-14-8-11(2)23-19-14/h3-8H,9H2,1-2H3,(H,18,19,20)/b6-5+. The van der Waals surface area contributed by atoms with E-state index in [1.165, 1.54) is 6.08 Å². The minimum Gasteiger partial charge on any atom is -0.452 e. The van der Waals surface area contributed by atoms with Gasteiger partial charge in [0.25, 0.3) is 5.91 Å². The molecule has 120 valence electrons. The van der Waals surface area contributed by atoms with Crippen LogP contribution in [-0.2, 0) is 14.3 Å². The average Bonchev–Trinajstić information content (AvgIpc) is 2.89. The average molecular weight is 379 g/mol. The second kappa shape index (κ2) is 7.73. The predicted octanol–water partition coefficient (Wildman–Crippen LogP) is 3.25. The molecule has 1 N–H and O–H groups in total. The van der Waals surface area contributed by atoms with E-state index in [2.05, 4.69) is 26.4 Å². The number of amides is 1. The number of nitrogens with one attached hydrogen (secondary N) is 1. The second-order valence-electron chi connectivity index (χ2n) is 4.84. The first kappa shape index (κ1) is 17.0. The first-order valence-corrected chi connectivity index (χ1v) is 7.57. The Balaban J connectivity index is 1.82. The van der Waals surface area contributed by atoms with E-state index >= 15 is 0 Å². The number of halogens is 1. The molecule has 0 radical (unpaired) electrons. The van der Waals surface area contributed by atoms with E-state index in [9.17, 15) is 9.59 Å². The van der Waals surface area contributed by atoms with Gasteiger partial charge in [-0.2, -0.15) is 0 Å². The summed E-state index contributed by atoms with van der Waals surface area (Å²) in [5.74, 6) is -0.243. The number of nitrogens with zero attached hydrogens (tertiary/aromatic N) is 1. The number of carbonyl (C=O) groups is 2. The van der Waals surface area contributed by atoms with Crippen LogP contribution in [-0.4, -0.2) is 23.6 Å². The van der Waals surface area contributed by atoms with Crippen molar-refractivity contribution in [1.29, 1.82) is 0 Å². The number of ether oxygens (including phenoxy) is 1. The summed E-state index contributed by atoms with van der Waals surface area (Å²) in [5.41, 5.74) is 1.95. The van der Waals surface area contributed by atoms with Crippen LogP contribution in [0, 0.1) is 13.8 Å². The Hall–Kier alpha value is -2.41. The highest BCUT2D eigenvalue weighted by Crippen LogP contribution is 2.19. The molecule has 0 bridgehead atoms. The molecule has 0 aliphatic rings. The molecule has 0 unspecified atom stereocenters. The zero-order valence-corrected chi connectivity index (χ0v) is 14.2. The van der Waals surface area contributed by atoms with Gasteiger partial charge in [0.2, 0.25) is 0 Å². The number of benzene rings is 1. The molecule has 6 nitrogen and oxygen atoms in total. The number of anilines is 1. The Morgan fingerprint density at radius 1 is 1.35 bits per heavy atom. The molecular formula is C16H15BrN2O4. The minimum absolute atomic E-state index is 0.280. The molecule has 0 spiro atoms. The number of hydrogen-bond acceptors (Lipinski definition) is 5. The fourth-order valence-electron chi connectivity index (χ4n) is 1.71. The predicted molar refractivity (Wildman–Crippen MR) is 88.7 cm³/mol. The van der Waals surface area contributed by atoms with Crippen molar-refractivity contribution in [2.75, 3.05) is 11.9 Å². The van der Waals surface area contributed by atoms with Gasteiger partial charge in [-0.25, -0.2) is 4.79 Å². The molecule has 0 saturated carbocycles. The third kappa shape index (κ3) is 5.37. The van der Waals surface area contributed by atoms with Gasteiger partial charge in [-0.05, 0) is 37.1 Å². The van der Waals surface area contributed by atoms with Crippen molar-refractivity contribution in [3.63, 3.8) is 0 Å². The van der Waals surface area contributed by atoms with Crippen LogP contribution in [0.25, 0.3) is 6.08 Å². The quantitative estimate of drug-likeness (QED) is 0.637. The third-order valence-corrected chi connectivity index (χ3v) is 3.48. The van der Waals surface area contributed by atoms with E-state index in [1.807, 2.05) is 25.1 Å². The molecule has 0 fully saturated rings. The summed E-state index contributed by atoms with van der Waals surface area (Å²) in [6, 6.07) is 7.32. The third-order valence-electron chi connectivity index (χ3n) is 2.80. The van der Waals surface area contributed by atoms with Crippen molar-refractivity contribution in [3.05, 3.63) is 51.7 Å².